The average Bonchev–Trinajstić information content (AvgIpc) is 2.49. The van der Waals surface area contributed by atoms with Crippen LogP contribution >= 0.6 is 15.9 Å². The molecule has 0 aromatic heterocycles. The minimum atomic E-state index is -1.34. The lowest BCUT2D eigenvalue weighted by Gasteiger charge is -2.23. The minimum absolute atomic E-state index is 0.303. The lowest BCUT2D eigenvalue weighted by molar-refractivity contribution is -0.135. The molecular weight excluding hydrogens is 375 g/mol. The molecule has 6 heteroatoms. The van der Waals surface area contributed by atoms with Gasteiger partial charge in [0.25, 0.3) is 0 Å². The molecule has 4 nitrogen and oxygen atoms in total. The highest BCUT2D eigenvalue weighted by Gasteiger charge is 2.36. The lowest BCUT2D eigenvalue weighted by atomic mass is 9.90. The van der Waals surface area contributed by atoms with E-state index in [1.54, 1.807) is 12.1 Å². The van der Waals surface area contributed by atoms with Crippen LogP contribution in [0.5, 0.6) is 0 Å². The summed E-state index contributed by atoms with van der Waals surface area (Å²) in [5.41, 5.74) is 0.592. The fourth-order valence-electron chi connectivity index (χ4n) is 1.96. The van der Waals surface area contributed by atoms with Gasteiger partial charge >= 0.3 is 0 Å². The van der Waals surface area contributed by atoms with E-state index in [2.05, 4.69) is 26.6 Å². The quantitative estimate of drug-likeness (QED) is 0.752. The van der Waals surface area contributed by atoms with Gasteiger partial charge in [-0.1, -0.05) is 12.1 Å². The molecule has 2 aromatic rings. The Kier molecular flexibility index (Phi) is 5.39. The second kappa shape index (κ2) is 7.13. The van der Waals surface area contributed by atoms with Gasteiger partial charge in [0.05, 0.1) is 5.69 Å². The number of carbonyl (C=O) groups is 2. The van der Waals surface area contributed by atoms with Crippen molar-refractivity contribution in [1.82, 2.24) is 0 Å². The SMILES string of the molecule is Cc1ccc(NC(=O)C(C)(C)C(=O)Nc2cccc(F)c2)c(Br)c1. The van der Waals surface area contributed by atoms with Crippen molar-refractivity contribution in [2.24, 2.45) is 5.41 Å². The molecule has 0 saturated heterocycles. The fourth-order valence-corrected chi connectivity index (χ4v) is 2.55. The third kappa shape index (κ3) is 4.20. The summed E-state index contributed by atoms with van der Waals surface area (Å²) in [5, 5.41) is 5.30. The average molecular weight is 393 g/mol. The van der Waals surface area contributed by atoms with E-state index in [0.717, 1.165) is 10.0 Å². The molecule has 0 saturated carbocycles. The number of carbonyl (C=O) groups excluding carboxylic acids is 2. The first kappa shape index (κ1) is 18.1. The smallest absolute Gasteiger partial charge is 0.239 e. The highest BCUT2D eigenvalue weighted by atomic mass is 79.9. The van der Waals surface area contributed by atoms with Gasteiger partial charge in [0.1, 0.15) is 11.2 Å². The summed E-state index contributed by atoms with van der Waals surface area (Å²) in [7, 11) is 0. The van der Waals surface area contributed by atoms with Gasteiger partial charge in [-0.25, -0.2) is 4.39 Å². The van der Waals surface area contributed by atoms with Gasteiger partial charge in [-0.3, -0.25) is 9.59 Å². The van der Waals surface area contributed by atoms with E-state index in [1.165, 1.54) is 32.0 Å². The Morgan fingerprint density at radius 1 is 1.04 bits per heavy atom. The molecule has 0 bridgehead atoms. The zero-order valence-electron chi connectivity index (χ0n) is 13.6. The van der Waals surface area contributed by atoms with Gasteiger partial charge in [0.2, 0.25) is 11.8 Å². The second-order valence-electron chi connectivity index (χ2n) is 6.03. The van der Waals surface area contributed by atoms with Crippen LogP contribution in [0.1, 0.15) is 19.4 Å². The summed E-state index contributed by atoms with van der Waals surface area (Å²) in [6.07, 6.45) is 0. The maximum atomic E-state index is 13.2. The van der Waals surface area contributed by atoms with E-state index in [-0.39, 0.29) is 0 Å². The van der Waals surface area contributed by atoms with Crippen LogP contribution in [0.3, 0.4) is 0 Å². The summed E-state index contributed by atoms with van der Waals surface area (Å²) in [6, 6.07) is 11.0. The molecule has 0 spiro atoms. The Morgan fingerprint density at radius 3 is 2.33 bits per heavy atom. The minimum Gasteiger partial charge on any atom is -0.325 e. The van der Waals surface area contributed by atoms with Gasteiger partial charge in [0.15, 0.2) is 0 Å². The van der Waals surface area contributed by atoms with Crippen LogP contribution in [-0.4, -0.2) is 11.8 Å². The van der Waals surface area contributed by atoms with Crippen molar-refractivity contribution in [3.05, 3.63) is 58.3 Å². The van der Waals surface area contributed by atoms with Gasteiger partial charge in [0, 0.05) is 10.2 Å². The van der Waals surface area contributed by atoms with Gasteiger partial charge in [-0.05, 0) is 72.6 Å². The first-order chi connectivity index (χ1) is 11.2. The highest BCUT2D eigenvalue weighted by Crippen LogP contribution is 2.27. The molecule has 24 heavy (non-hydrogen) atoms. The molecule has 0 fully saturated rings. The number of rotatable bonds is 4. The number of benzene rings is 2. The van der Waals surface area contributed by atoms with Gasteiger partial charge in [-0.2, -0.15) is 0 Å². The Bertz CT molecular complexity index is 790. The Balaban J connectivity index is 2.12. The number of hydrogen-bond donors (Lipinski definition) is 2. The molecule has 0 aliphatic heterocycles. The van der Waals surface area contributed by atoms with Crippen molar-refractivity contribution in [2.75, 3.05) is 10.6 Å². The summed E-state index contributed by atoms with van der Waals surface area (Å²) in [5.74, 6) is -1.44. The van der Waals surface area contributed by atoms with Crippen LogP contribution < -0.4 is 10.6 Å². The van der Waals surface area contributed by atoms with Crippen LogP contribution in [0.15, 0.2) is 46.9 Å². The summed E-state index contributed by atoms with van der Waals surface area (Å²) in [6.45, 7) is 4.96. The molecule has 0 atom stereocenters. The van der Waals surface area contributed by atoms with E-state index in [9.17, 15) is 14.0 Å². The fraction of sp³-hybridized carbons (Fsp3) is 0.222. The Labute approximate surface area is 148 Å². The number of nitrogens with one attached hydrogen (secondary N) is 2. The Morgan fingerprint density at radius 2 is 1.71 bits per heavy atom. The molecule has 0 unspecified atom stereocenters. The van der Waals surface area contributed by atoms with E-state index in [0.29, 0.717) is 11.4 Å². The number of aryl methyl sites for hydroxylation is 1. The summed E-state index contributed by atoms with van der Waals surface area (Å²) < 4.78 is 13.9. The topological polar surface area (TPSA) is 58.2 Å². The third-order valence-electron chi connectivity index (χ3n) is 3.59. The van der Waals surface area contributed by atoms with Crippen LogP contribution in [0.4, 0.5) is 15.8 Å². The van der Waals surface area contributed by atoms with E-state index >= 15 is 0 Å². The molecule has 0 heterocycles. The predicted octanol–water partition coefficient (Wildman–Crippen LogP) is 4.50. The standard InChI is InChI=1S/C18H18BrFN2O2/c1-11-7-8-15(14(19)9-11)22-17(24)18(2,3)16(23)21-13-6-4-5-12(20)10-13/h4-10H,1-3H3,(H,21,23)(H,22,24). The van der Waals surface area contributed by atoms with Crippen LogP contribution in [0, 0.1) is 18.2 Å². The molecule has 2 N–H and O–H groups in total. The molecule has 0 aliphatic rings. The number of anilines is 2. The van der Waals surface area contributed by atoms with Crippen LogP contribution in [0.25, 0.3) is 0 Å². The maximum Gasteiger partial charge on any atom is 0.239 e. The van der Waals surface area contributed by atoms with Gasteiger partial charge < -0.3 is 10.6 Å². The van der Waals surface area contributed by atoms with Crippen LogP contribution in [0.2, 0.25) is 0 Å². The first-order valence-corrected chi connectivity index (χ1v) is 8.14. The van der Waals surface area contributed by atoms with Gasteiger partial charge in [-0.15, -0.1) is 0 Å². The summed E-state index contributed by atoms with van der Waals surface area (Å²) >= 11 is 3.38. The van der Waals surface area contributed by atoms with E-state index in [4.69, 9.17) is 0 Å². The van der Waals surface area contributed by atoms with Crippen molar-refractivity contribution < 1.29 is 14.0 Å². The molecule has 126 valence electrons. The lowest BCUT2D eigenvalue weighted by Crippen LogP contribution is -2.41. The maximum absolute atomic E-state index is 13.2. The van der Waals surface area contributed by atoms with Crippen molar-refractivity contribution in [3.63, 3.8) is 0 Å². The highest BCUT2D eigenvalue weighted by molar-refractivity contribution is 9.10. The second-order valence-corrected chi connectivity index (χ2v) is 6.88. The Hall–Kier alpha value is -2.21. The van der Waals surface area contributed by atoms with Crippen molar-refractivity contribution >= 4 is 39.1 Å². The zero-order valence-corrected chi connectivity index (χ0v) is 15.2. The van der Waals surface area contributed by atoms with E-state index < -0.39 is 23.0 Å². The monoisotopic (exact) mass is 392 g/mol. The normalized spacial score (nSPS) is 11.0. The largest absolute Gasteiger partial charge is 0.325 e. The van der Waals surface area contributed by atoms with Crippen molar-refractivity contribution in [3.8, 4) is 0 Å². The van der Waals surface area contributed by atoms with Crippen molar-refractivity contribution in [2.45, 2.75) is 20.8 Å². The first-order valence-electron chi connectivity index (χ1n) is 7.35. The summed E-state index contributed by atoms with van der Waals surface area (Å²) in [4.78, 5) is 24.9. The van der Waals surface area contributed by atoms with E-state index in [1.807, 2.05) is 19.1 Å². The molecule has 2 rings (SSSR count). The van der Waals surface area contributed by atoms with Crippen LogP contribution in [-0.2, 0) is 9.59 Å². The molecule has 0 radical (unpaired) electrons. The molecular formula is C18H18BrFN2O2. The number of halogens is 2. The third-order valence-corrected chi connectivity index (χ3v) is 4.25. The molecule has 0 aliphatic carbocycles. The van der Waals surface area contributed by atoms with Crippen molar-refractivity contribution in [1.29, 1.82) is 0 Å². The zero-order chi connectivity index (χ0) is 17.9. The number of amides is 2. The molecule has 2 aromatic carbocycles. The molecule has 2 amide bonds. The predicted molar refractivity (Wildman–Crippen MR) is 96.3 cm³/mol. The number of hydrogen-bond acceptors (Lipinski definition) is 2.